The Morgan fingerprint density at radius 3 is 2.69 bits per heavy atom. The number of unbranched alkanes of at least 4 members (excludes halogenated alkanes) is 1. The summed E-state index contributed by atoms with van der Waals surface area (Å²) in [5.74, 6) is -0.283. The lowest BCUT2D eigenvalue weighted by atomic mass is 10.1. The monoisotopic (exact) mass is 217 g/mol. The Labute approximate surface area is 95.7 Å². The summed E-state index contributed by atoms with van der Waals surface area (Å²) >= 11 is 0. The van der Waals surface area contributed by atoms with Crippen molar-refractivity contribution in [2.45, 2.75) is 25.7 Å². The minimum atomic E-state index is -0.283. The number of carbonyl (C=O) groups excluding carboxylic acids is 1. The Kier molecular flexibility index (Phi) is 5.72. The van der Waals surface area contributed by atoms with Crippen molar-refractivity contribution < 1.29 is 9.53 Å². The molecule has 0 radical (unpaired) electrons. The van der Waals surface area contributed by atoms with Crippen LogP contribution in [0.2, 0.25) is 0 Å². The van der Waals surface area contributed by atoms with Gasteiger partial charge in [0.2, 0.25) is 0 Å². The molecule has 16 heavy (non-hydrogen) atoms. The van der Waals surface area contributed by atoms with Crippen molar-refractivity contribution in [2.24, 2.45) is 0 Å². The van der Waals surface area contributed by atoms with Crippen molar-refractivity contribution in [1.29, 1.82) is 5.26 Å². The van der Waals surface area contributed by atoms with Gasteiger partial charge in [-0.15, -0.1) is 0 Å². The number of nitrogens with zero attached hydrogens (tertiary/aromatic N) is 1. The van der Waals surface area contributed by atoms with Crippen LogP contribution in [0.3, 0.4) is 0 Å². The van der Waals surface area contributed by atoms with Crippen LogP contribution in [0.15, 0.2) is 30.3 Å². The van der Waals surface area contributed by atoms with E-state index in [2.05, 4.69) is 16.9 Å². The molecule has 0 saturated carbocycles. The molecule has 0 fully saturated rings. The predicted molar refractivity (Wildman–Crippen MR) is 60.6 cm³/mol. The Bertz CT molecular complexity index is 354. The number of aryl methyl sites for hydroxylation is 1. The summed E-state index contributed by atoms with van der Waals surface area (Å²) in [6, 6.07) is 11.9. The average molecular weight is 217 g/mol. The van der Waals surface area contributed by atoms with Crippen molar-refractivity contribution in [1.82, 2.24) is 0 Å². The maximum absolute atomic E-state index is 11.0. The summed E-state index contributed by atoms with van der Waals surface area (Å²) in [4.78, 5) is 11.0. The van der Waals surface area contributed by atoms with Crippen molar-refractivity contribution in [2.75, 3.05) is 6.61 Å². The van der Waals surface area contributed by atoms with E-state index >= 15 is 0 Å². The second-order valence-electron chi connectivity index (χ2n) is 3.51. The summed E-state index contributed by atoms with van der Waals surface area (Å²) < 4.78 is 4.64. The Hall–Kier alpha value is -1.82. The molecule has 0 bridgehead atoms. The average Bonchev–Trinajstić information content (AvgIpc) is 2.33. The van der Waals surface area contributed by atoms with Gasteiger partial charge in [0.05, 0.1) is 0 Å². The van der Waals surface area contributed by atoms with E-state index in [4.69, 9.17) is 5.26 Å². The number of hydrogen-bond acceptors (Lipinski definition) is 3. The highest BCUT2D eigenvalue weighted by molar-refractivity contribution is 5.69. The first kappa shape index (κ1) is 12.3. The SMILES string of the molecule is N#CCOC(=O)CCCCc1ccccc1. The number of ether oxygens (including phenoxy) is 1. The van der Waals surface area contributed by atoms with Gasteiger partial charge in [0.15, 0.2) is 6.61 Å². The second-order valence-corrected chi connectivity index (χ2v) is 3.51. The normalized spacial score (nSPS) is 9.44. The topological polar surface area (TPSA) is 50.1 Å². The first-order valence-electron chi connectivity index (χ1n) is 5.39. The summed E-state index contributed by atoms with van der Waals surface area (Å²) in [6.07, 6.45) is 3.14. The van der Waals surface area contributed by atoms with Crippen molar-refractivity contribution >= 4 is 5.97 Å². The molecule has 84 valence electrons. The van der Waals surface area contributed by atoms with Gasteiger partial charge in [-0.25, -0.2) is 0 Å². The van der Waals surface area contributed by atoms with Gasteiger partial charge < -0.3 is 4.74 Å². The maximum atomic E-state index is 11.0. The van der Waals surface area contributed by atoms with Crippen LogP contribution < -0.4 is 0 Å². The van der Waals surface area contributed by atoms with Crippen LogP contribution in [-0.4, -0.2) is 12.6 Å². The van der Waals surface area contributed by atoms with Gasteiger partial charge in [0.25, 0.3) is 0 Å². The standard InChI is InChI=1S/C13H15NO2/c14-10-11-16-13(15)9-5-4-8-12-6-2-1-3-7-12/h1-3,6-7H,4-5,8-9,11H2. The molecular formula is C13H15NO2. The molecule has 0 aliphatic carbocycles. The molecule has 0 saturated heterocycles. The van der Waals surface area contributed by atoms with Crippen molar-refractivity contribution in [3.05, 3.63) is 35.9 Å². The Morgan fingerprint density at radius 1 is 1.25 bits per heavy atom. The number of rotatable bonds is 6. The fourth-order valence-corrected chi connectivity index (χ4v) is 1.43. The highest BCUT2D eigenvalue weighted by atomic mass is 16.5. The highest BCUT2D eigenvalue weighted by Gasteiger charge is 2.01. The lowest BCUT2D eigenvalue weighted by Crippen LogP contribution is -2.04. The van der Waals surface area contributed by atoms with Crippen molar-refractivity contribution in [3.8, 4) is 6.07 Å². The molecular weight excluding hydrogens is 202 g/mol. The molecule has 1 aromatic carbocycles. The van der Waals surface area contributed by atoms with Gasteiger partial charge in [-0.1, -0.05) is 30.3 Å². The zero-order valence-corrected chi connectivity index (χ0v) is 9.19. The van der Waals surface area contributed by atoms with Gasteiger partial charge in [-0.05, 0) is 24.8 Å². The molecule has 0 heterocycles. The van der Waals surface area contributed by atoms with E-state index < -0.39 is 0 Å². The van der Waals surface area contributed by atoms with Crippen LogP contribution in [0.1, 0.15) is 24.8 Å². The molecule has 0 aliphatic heterocycles. The number of nitriles is 1. The number of carbonyl (C=O) groups is 1. The van der Waals surface area contributed by atoms with Gasteiger partial charge in [-0.3, -0.25) is 4.79 Å². The van der Waals surface area contributed by atoms with Crippen LogP contribution in [0.25, 0.3) is 0 Å². The zero-order chi connectivity index (χ0) is 11.6. The first-order valence-corrected chi connectivity index (χ1v) is 5.39. The van der Waals surface area contributed by atoms with E-state index in [1.165, 1.54) is 5.56 Å². The Balaban J connectivity index is 2.08. The summed E-state index contributed by atoms with van der Waals surface area (Å²) in [7, 11) is 0. The molecule has 3 nitrogen and oxygen atoms in total. The first-order chi connectivity index (χ1) is 7.83. The van der Waals surface area contributed by atoms with E-state index in [1.807, 2.05) is 18.2 Å². The maximum Gasteiger partial charge on any atom is 0.306 e. The minimum Gasteiger partial charge on any atom is -0.450 e. The molecule has 0 spiro atoms. The molecule has 3 heteroatoms. The largest absolute Gasteiger partial charge is 0.450 e. The van der Waals surface area contributed by atoms with E-state index in [0.29, 0.717) is 6.42 Å². The van der Waals surface area contributed by atoms with E-state index in [-0.39, 0.29) is 12.6 Å². The second kappa shape index (κ2) is 7.47. The summed E-state index contributed by atoms with van der Waals surface area (Å²) in [5, 5.41) is 8.21. The summed E-state index contributed by atoms with van der Waals surface area (Å²) in [5.41, 5.74) is 1.29. The molecule has 0 aliphatic rings. The van der Waals surface area contributed by atoms with E-state index in [1.54, 1.807) is 6.07 Å². The quantitative estimate of drug-likeness (QED) is 0.543. The number of benzene rings is 1. The van der Waals surface area contributed by atoms with Gasteiger partial charge in [-0.2, -0.15) is 5.26 Å². The molecule has 0 amide bonds. The molecule has 0 N–H and O–H groups in total. The molecule has 0 aromatic heterocycles. The third-order valence-electron chi connectivity index (χ3n) is 2.24. The lowest BCUT2D eigenvalue weighted by molar-refractivity contribution is -0.142. The van der Waals surface area contributed by atoms with Gasteiger partial charge >= 0.3 is 5.97 Å². The van der Waals surface area contributed by atoms with Gasteiger partial charge in [0.1, 0.15) is 6.07 Å². The van der Waals surface area contributed by atoms with Crippen molar-refractivity contribution in [3.63, 3.8) is 0 Å². The third kappa shape index (κ3) is 5.16. The molecule has 0 unspecified atom stereocenters. The molecule has 0 atom stereocenters. The van der Waals surface area contributed by atoms with Crippen LogP contribution in [0, 0.1) is 11.3 Å². The predicted octanol–water partition coefficient (Wildman–Crippen LogP) is 2.47. The minimum absolute atomic E-state index is 0.141. The number of esters is 1. The van der Waals surface area contributed by atoms with Crippen LogP contribution in [0.4, 0.5) is 0 Å². The van der Waals surface area contributed by atoms with Crippen LogP contribution >= 0.6 is 0 Å². The Morgan fingerprint density at radius 2 is 2.00 bits per heavy atom. The smallest absolute Gasteiger partial charge is 0.306 e. The van der Waals surface area contributed by atoms with Crippen LogP contribution in [0.5, 0.6) is 0 Å². The number of hydrogen-bond donors (Lipinski definition) is 0. The van der Waals surface area contributed by atoms with Crippen LogP contribution in [-0.2, 0) is 16.0 Å². The molecule has 1 rings (SSSR count). The fraction of sp³-hybridized carbons (Fsp3) is 0.385. The van der Waals surface area contributed by atoms with Gasteiger partial charge in [0, 0.05) is 6.42 Å². The lowest BCUT2D eigenvalue weighted by Gasteiger charge is -2.01. The summed E-state index contributed by atoms with van der Waals surface area (Å²) in [6.45, 7) is -0.141. The fourth-order valence-electron chi connectivity index (χ4n) is 1.43. The zero-order valence-electron chi connectivity index (χ0n) is 9.19. The third-order valence-corrected chi connectivity index (χ3v) is 2.24. The van der Waals surface area contributed by atoms with E-state index in [0.717, 1.165) is 19.3 Å². The van der Waals surface area contributed by atoms with E-state index in [9.17, 15) is 4.79 Å². The highest BCUT2D eigenvalue weighted by Crippen LogP contribution is 2.06. The molecule has 1 aromatic rings.